The summed E-state index contributed by atoms with van der Waals surface area (Å²) < 4.78 is 0. The zero-order valence-corrected chi connectivity index (χ0v) is 9.04. The van der Waals surface area contributed by atoms with Crippen LogP contribution >= 0.6 is 11.6 Å². The Balaban J connectivity index is 2.47. The standard InChI is InChI=1S/C13H12ClN/c14-7-1-2-10-3-4-12-9-13(15)6-5-11(12)8-10/h1-6,8-9H,7,15H2. The molecule has 2 rings (SSSR count). The summed E-state index contributed by atoms with van der Waals surface area (Å²) in [5.74, 6) is 0.541. The van der Waals surface area contributed by atoms with Gasteiger partial charge in [0.15, 0.2) is 0 Å². The Morgan fingerprint density at radius 3 is 2.60 bits per heavy atom. The molecule has 0 amide bonds. The van der Waals surface area contributed by atoms with Crippen LogP contribution in [0.3, 0.4) is 0 Å². The topological polar surface area (TPSA) is 26.0 Å². The predicted molar refractivity (Wildman–Crippen MR) is 68.1 cm³/mol. The van der Waals surface area contributed by atoms with Crippen molar-refractivity contribution in [2.75, 3.05) is 11.6 Å². The average molecular weight is 218 g/mol. The van der Waals surface area contributed by atoms with Gasteiger partial charge >= 0.3 is 0 Å². The summed E-state index contributed by atoms with van der Waals surface area (Å²) in [6.07, 6.45) is 3.95. The number of fused-ring (bicyclic) bond motifs is 1. The quantitative estimate of drug-likeness (QED) is 0.603. The third-order valence-electron chi connectivity index (χ3n) is 2.29. The molecule has 2 aromatic carbocycles. The van der Waals surface area contributed by atoms with E-state index in [0.717, 1.165) is 16.6 Å². The minimum atomic E-state index is 0.541. The number of benzene rings is 2. The molecule has 0 spiro atoms. The van der Waals surface area contributed by atoms with Gasteiger partial charge in [0, 0.05) is 11.6 Å². The fourth-order valence-electron chi connectivity index (χ4n) is 1.57. The molecule has 2 aromatic rings. The van der Waals surface area contributed by atoms with Crippen LogP contribution in [0.5, 0.6) is 0 Å². The summed E-state index contributed by atoms with van der Waals surface area (Å²) >= 11 is 5.59. The van der Waals surface area contributed by atoms with Gasteiger partial charge < -0.3 is 5.73 Å². The molecule has 2 N–H and O–H groups in total. The number of alkyl halides is 1. The van der Waals surface area contributed by atoms with E-state index in [2.05, 4.69) is 18.2 Å². The number of hydrogen-bond donors (Lipinski definition) is 1. The van der Waals surface area contributed by atoms with Crippen molar-refractivity contribution in [3.63, 3.8) is 0 Å². The molecular weight excluding hydrogens is 206 g/mol. The van der Waals surface area contributed by atoms with Crippen LogP contribution < -0.4 is 5.73 Å². The van der Waals surface area contributed by atoms with Gasteiger partial charge in [-0.3, -0.25) is 0 Å². The van der Waals surface area contributed by atoms with Crippen LogP contribution in [0, 0.1) is 0 Å². The summed E-state index contributed by atoms with van der Waals surface area (Å²) in [5.41, 5.74) is 7.67. The van der Waals surface area contributed by atoms with Crippen LogP contribution in [-0.2, 0) is 0 Å². The molecule has 0 radical (unpaired) electrons. The van der Waals surface area contributed by atoms with Gasteiger partial charge in [0.2, 0.25) is 0 Å². The molecule has 0 aliphatic heterocycles. The Hall–Kier alpha value is -1.47. The number of hydrogen-bond acceptors (Lipinski definition) is 1. The first-order valence-electron chi connectivity index (χ1n) is 4.81. The maximum atomic E-state index is 5.71. The van der Waals surface area contributed by atoms with Crippen molar-refractivity contribution in [1.82, 2.24) is 0 Å². The van der Waals surface area contributed by atoms with Gasteiger partial charge in [0.1, 0.15) is 0 Å². The summed E-state index contributed by atoms with van der Waals surface area (Å²) in [4.78, 5) is 0. The van der Waals surface area contributed by atoms with Gasteiger partial charge in [-0.15, -0.1) is 11.6 Å². The van der Waals surface area contributed by atoms with Crippen molar-refractivity contribution in [1.29, 1.82) is 0 Å². The second-order valence-electron chi connectivity index (χ2n) is 3.42. The molecular formula is C13H12ClN. The molecule has 76 valence electrons. The molecule has 0 atom stereocenters. The van der Waals surface area contributed by atoms with E-state index in [1.807, 2.05) is 30.4 Å². The first-order chi connectivity index (χ1) is 7.29. The minimum absolute atomic E-state index is 0.541. The molecule has 0 aromatic heterocycles. The number of allylic oxidation sites excluding steroid dienone is 1. The van der Waals surface area contributed by atoms with Gasteiger partial charge in [0.25, 0.3) is 0 Å². The number of halogens is 1. The number of anilines is 1. The summed E-state index contributed by atoms with van der Waals surface area (Å²) in [6.45, 7) is 0. The Labute approximate surface area is 94.2 Å². The van der Waals surface area contributed by atoms with E-state index in [4.69, 9.17) is 17.3 Å². The lowest BCUT2D eigenvalue weighted by Gasteiger charge is -2.00. The zero-order valence-electron chi connectivity index (χ0n) is 8.28. The van der Waals surface area contributed by atoms with Gasteiger partial charge in [-0.1, -0.05) is 30.4 Å². The lowest BCUT2D eigenvalue weighted by Crippen LogP contribution is -1.83. The number of nitrogen functional groups attached to an aromatic ring is 1. The smallest absolute Gasteiger partial charge is 0.0407 e. The third kappa shape index (κ3) is 2.31. The van der Waals surface area contributed by atoms with E-state index in [0.29, 0.717) is 5.88 Å². The van der Waals surface area contributed by atoms with E-state index in [9.17, 15) is 0 Å². The van der Waals surface area contributed by atoms with Crippen molar-refractivity contribution in [3.05, 3.63) is 48.0 Å². The molecule has 0 fully saturated rings. The van der Waals surface area contributed by atoms with E-state index in [1.165, 1.54) is 5.39 Å². The largest absolute Gasteiger partial charge is 0.399 e. The maximum absolute atomic E-state index is 5.71. The zero-order chi connectivity index (χ0) is 10.7. The third-order valence-corrected chi connectivity index (χ3v) is 2.47. The lowest BCUT2D eigenvalue weighted by molar-refractivity contribution is 1.68. The van der Waals surface area contributed by atoms with Gasteiger partial charge in [0.05, 0.1) is 0 Å². The Morgan fingerprint density at radius 1 is 1.07 bits per heavy atom. The molecule has 0 saturated heterocycles. The Bertz CT molecular complexity index is 503. The fourth-order valence-corrected chi connectivity index (χ4v) is 1.66. The normalized spacial score (nSPS) is 11.3. The van der Waals surface area contributed by atoms with Crippen LogP contribution in [0.2, 0.25) is 0 Å². The fraction of sp³-hybridized carbons (Fsp3) is 0.0769. The van der Waals surface area contributed by atoms with Crippen molar-refractivity contribution in [2.45, 2.75) is 0 Å². The molecule has 0 unspecified atom stereocenters. The summed E-state index contributed by atoms with van der Waals surface area (Å²) in [7, 11) is 0. The SMILES string of the molecule is Nc1ccc2cc(C=CCCl)ccc2c1. The summed E-state index contributed by atoms with van der Waals surface area (Å²) in [5, 5.41) is 2.36. The highest BCUT2D eigenvalue weighted by molar-refractivity contribution is 6.19. The average Bonchev–Trinajstić information content (AvgIpc) is 2.26. The van der Waals surface area contributed by atoms with Gasteiger partial charge in [-0.2, -0.15) is 0 Å². The van der Waals surface area contributed by atoms with Crippen LogP contribution in [0.1, 0.15) is 5.56 Å². The molecule has 0 heterocycles. The Morgan fingerprint density at radius 2 is 1.80 bits per heavy atom. The Kier molecular flexibility index (Phi) is 2.93. The molecule has 1 nitrogen and oxygen atoms in total. The summed E-state index contributed by atoms with van der Waals surface area (Å²) in [6, 6.07) is 12.2. The van der Waals surface area contributed by atoms with Crippen molar-refractivity contribution < 1.29 is 0 Å². The minimum Gasteiger partial charge on any atom is -0.399 e. The van der Waals surface area contributed by atoms with Crippen LogP contribution in [0.15, 0.2) is 42.5 Å². The number of nitrogens with two attached hydrogens (primary N) is 1. The molecule has 2 heteroatoms. The van der Waals surface area contributed by atoms with E-state index in [-0.39, 0.29) is 0 Å². The second kappa shape index (κ2) is 4.37. The first-order valence-corrected chi connectivity index (χ1v) is 5.35. The van der Waals surface area contributed by atoms with E-state index in [1.54, 1.807) is 0 Å². The van der Waals surface area contributed by atoms with Crippen molar-refractivity contribution >= 4 is 34.1 Å². The molecule has 0 aliphatic carbocycles. The van der Waals surface area contributed by atoms with Crippen LogP contribution in [0.25, 0.3) is 16.8 Å². The van der Waals surface area contributed by atoms with Gasteiger partial charge in [-0.05, 0) is 34.5 Å². The molecule has 15 heavy (non-hydrogen) atoms. The van der Waals surface area contributed by atoms with Crippen LogP contribution in [-0.4, -0.2) is 5.88 Å². The molecule has 0 saturated carbocycles. The lowest BCUT2D eigenvalue weighted by atomic mass is 10.1. The highest BCUT2D eigenvalue weighted by atomic mass is 35.5. The predicted octanol–water partition coefficient (Wildman–Crippen LogP) is 3.67. The van der Waals surface area contributed by atoms with Crippen LogP contribution in [0.4, 0.5) is 5.69 Å². The molecule has 0 aliphatic rings. The second-order valence-corrected chi connectivity index (χ2v) is 3.73. The monoisotopic (exact) mass is 217 g/mol. The maximum Gasteiger partial charge on any atom is 0.0407 e. The van der Waals surface area contributed by atoms with Crippen molar-refractivity contribution in [3.8, 4) is 0 Å². The molecule has 0 bridgehead atoms. The first kappa shape index (κ1) is 10.1. The highest BCUT2D eigenvalue weighted by Gasteiger charge is 1.94. The van der Waals surface area contributed by atoms with E-state index < -0.39 is 0 Å². The van der Waals surface area contributed by atoms with Gasteiger partial charge in [-0.25, -0.2) is 0 Å². The number of rotatable bonds is 2. The van der Waals surface area contributed by atoms with Crippen molar-refractivity contribution in [2.24, 2.45) is 0 Å². The highest BCUT2D eigenvalue weighted by Crippen LogP contribution is 2.19. The van der Waals surface area contributed by atoms with E-state index >= 15 is 0 Å².